The molecule has 1 aliphatic rings. The lowest BCUT2D eigenvalue weighted by Crippen LogP contribution is -2.34. The average molecular weight is 410 g/mol. The maximum absolute atomic E-state index is 13.3. The summed E-state index contributed by atoms with van der Waals surface area (Å²) in [6.07, 6.45) is 2.36. The van der Waals surface area contributed by atoms with Gasteiger partial charge < -0.3 is 9.51 Å². The van der Waals surface area contributed by atoms with Crippen LogP contribution in [0.1, 0.15) is 28.9 Å². The Morgan fingerprint density at radius 1 is 1.14 bits per heavy atom. The molecule has 0 radical (unpaired) electrons. The van der Waals surface area contributed by atoms with Crippen molar-refractivity contribution in [3.8, 4) is 11.4 Å². The van der Waals surface area contributed by atoms with Gasteiger partial charge in [-0.2, -0.15) is 4.98 Å². The molecule has 1 aliphatic heterocycles. The van der Waals surface area contributed by atoms with Crippen LogP contribution in [0.5, 0.6) is 0 Å². The fourth-order valence-corrected chi connectivity index (χ4v) is 3.73. The SMILES string of the molecule is Fc1ccc(CN2Cc3[nH]cnc3CC2c2nc(-c3ccc(Cl)cc3)no2)cc1. The van der Waals surface area contributed by atoms with E-state index in [4.69, 9.17) is 16.1 Å². The number of rotatable bonds is 4. The summed E-state index contributed by atoms with van der Waals surface area (Å²) in [5.41, 5.74) is 3.92. The van der Waals surface area contributed by atoms with E-state index in [2.05, 4.69) is 25.0 Å². The number of aromatic amines is 1. The second-order valence-electron chi connectivity index (χ2n) is 7.04. The minimum Gasteiger partial charge on any atom is -0.347 e. The first kappa shape index (κ1) is 18.0. The quantitative estimate of drug-likeness (QED) is 0.535. The standard InChI is InChI=1S/C21H17ClFN5O/c22-15-5-3-14(4-6-15)20-26-21(29-27-20)19-9-17-18(25-12-24-17)11-28(19)10-13-1-7-16(23)8-2-13/h1-8,12,19H,9-11H2,(H,24,25). The molecule has 1 atom stereocenters. The molecule has 6 nitrogen and oxygen atoms in total. The molecule has 1 N–H and O–H groups in total. The van der Waals surface area contributed by atoms with Gasteiger partial charge in [0.1, 0.15) is 5.82 Å². The Bertz CT molecular complexity index is 1120. The molecule has 3 heterocycles. The summed E-state index contributed by atoms with van der Waals surface area (Å²) in [4.78, 5) is 14.5. The molecular formula is C21H17ClFN5O. The monoisotopic (exact) mass is 409 g/mol. The van der Waals surface area contributed by atoms with Crippen molar-refractivity contribution in [3.05, 3.63) is 88.5 Å². The highest BCUT2D eigenvalue weighted by atomic mass is 35.5. The van der Waals surface area contributed by atoms with Crippen LogP contribution >= 0.6 is 11.6 Å². The number of imidazole rings is 1. The maximum atomic E-state index is 13.3. The highest BCUT2D eigenvalue weighted by Crippen LogP contribution is 2.33. The fourth-order valence-electron chi connectivity index (χ4n) is 3.61. The Morgan fingerprint density at radius 3 is 2.72 bits per heavy atom. The van der Waals surface area contributed by atoms with E-state index in [-0.39, 0.29) is 11.9 Å². The van der Waals surface area contributed by atoms with E-state index >= 15 is 0 Å². The topological polar surface area (TPSA) is 70.8 Å². The van der Waals surface area contributed by atoms with Gasteiger partial charge in [-0.05, 0) is 42.0 Å². The van der Waals surface area contributed by atoms with Crippen molar-refractivity contribution in [1.82, 2.24) is 25.0 Å². The predicted molar refractivity (Wildman–Crippen MR) is 105 cm³/mol. The van der Waals surface area contributed by atoms with Gasteiger partial charge >= 0.3 is 0 Å². The number of fused-ring (bicyclic) bond motifs is 1. The highest BCUT2D eigenvalue weighted by Gasteiger charge is 2.33. The summed E-state index contributed by atoms with van der Waals surface area (Å²) in [5, 5.41) is 4.81. The number of benzene rings is 2. The number of halogens is 2. The first-order valence-corrected chi connectivity index (χ1v) is 9.62. The third-order valence-corrected chi connectivity index (χ3v) is 5.38. The Balaban J connectivity index is 1.45. The fraction of sp³-hybridized carbons (Fsp3) is 0.190. The molecule has 0 bridgehead atoms. The van der Waals surface area contributed by atoms with E-state index < -0.39 is 0 Å². The van der Waals surface area contributed by atoms with E-state index in [0.717, 1.165) is 22.5 Å². The molecule has 0 saturated carbocycles. The van der Waals surface area contributed by atoms with Gasteiger partial charge in [-0.3, -0.25) is 4.90 Å². The number of hydrogen-bond donors (Lipinski definition) is 1. The molecule has 2 aromatic carbocycles. The minimum absolute atomic E-state index is 0.121. The summed E-state index contributed by atoms with van der Waals surface area (Å²) < 4.78 is 18.9. The average Bonchev–Trinajstić information content (AvgIpc) is 3.39. The molecule has 0 amide bonds. The Morgan fingerprint density at radius 2 is 1.93 bits per heavy atom. The normalized spacial score (nSPS) is 16.7. The maximum Gasteiger partial charge on any atom is 0.244 e. The van der Waals surface area contributed by atoms with Gasteiger partial charge in [0, 0.05) is 30.1 Å². The van der Waals surface area contributed by atoms with Crippen molar-refractivity contribution >= 4 is 11.6 Å². The molecule has 0 fully saturated rings. The molecule has 5 rings (SSSR count). The zero-order valence-corrected chi connectivity index (χ0v) is 16.1. The summed E-state index contributed by atoms with van der Waals surface area (Å²) in [5.74, 6) is 0.807. The number of nitrogens with zero attached hydrogens (tertiary/aromatic N) is 4. The third-order valence-electron chi connectivity index (χ3n) is 5.12. The first-order valence-electron chi connectivity index (χ1n) is 9.25. The van der Waals surface area contributed by atoms with Crippen molar-refractivity contribution in [2.75, 3.05) is 0 Å². The lowest BCUT2D eigenvalue weighted by molar-refractivity contribution is 0.128. The Labute approximate surface area is 171 Å². The van der Waals surface area contributed by atoms with Gasteiger partial charge in [-0.25, -0.2) is 9.37 Å². The predicted octanol–water partition coefficient (Wildman–Crippen LogP) is 4.55. The number of nitrogens with one attached hydrogen (secondary N) is 1. The zero-order valence-electron chi connectivity index (χ0n) is 15.3. The smallest absolute Gasteiger partial charge is 0.244 e. The van der Waals surface area contributed by atoms with Crippen LogP contribution < -0.4 is 0 Å². The lowest BCUT2D eigenvalue weighted by atomic mass is 10.0. The molecule has 4 aromatic rings. The van der Waals surface area contributed by atoms with Crippen molar-refractivity contribution in [3.63, 3.8) is 0 Å². The lowest BCUT2D eigenvalue weighted by Gasteiger charge is -2.32. The molecule has 146 valence electrons. The van der Waals surface area contributed by atoms with Gasteiger partial charge in [0.25, 0.3) is 0 Å². The second-order valence-corrected chi connectivity index (χ2v) is 7.48. The minimum atomic E-state index is -0.246. The van der Waals surface area contributed by atoms with Crippen LogP contribution in [0.15, 0.2) is 59.4 Å². The molecule has 1 unspecified atom stereocenters. The number of hydrogen-bond acceptors (Lipinski definition) is 5. The van der Waals surface area contributed by atoms with Gasteiger partial charge in [-0.1, -0.05) is 28.9 Å². The van der Waals surface area contributed by atoms with Crippen molar-refractivity contribution in [2.24, 2.45) is 0 Å². The summed E-state index contributed by atoms with van der Waals surface area (Å²) in [6, 6.07) is 13.7. The van der Waals surface area contributed by atoms with Crippen molar-refractivity contribution in [2.45, 2.75) is 25.6 Å². The van der Waals surface area contributed by atoms with Gasteiger partial charge in [-0.15, -0.1) is 0 Å². The number of H-pyrrole nitrogens is 1. The van der Waals surface area contributed by atoms with Crippen LogP contribution in [0.2, 0.25) is 5.02 Å². The first-order chi connectivity index (χ1) is 14.2. The summed E-state index contributed by atoms with van der Waals surface area (Å²) in [6.45, 7) is 1.29. The third kappa shape index (κ3) is 3.66. The van der Waals surface area contributed by atoms with E-state index in [0.29, 0.717) is 36.2 Å². The van der Waals surface area contributed by atoms with E-state index in [1.54, 1.807) is 30.6 Å². The molecule has 8 heteroatoms. The Hall–Kier alpha value is -3.03. The van der Waals surface area contributed by atoms with Crippen LogP contribution in [0.3, 0.4) is 0 Å². The van der Waals surface area contributed by atoms with Crippen molar-refractivity contribution < 1.29 is 8.91 Å². The zero-order chi connectivity index (χ0) is 19.8. The van der Waals surface area contributed by atoms with Gasteiger partial charge in [0.2, 0.25) is 11.7 Å². The van der Waals surface area contributed by atoms with Crippen LogP contribution in [0.4, 0.5) is 4.39 Å². The molecular weight excluding hydrogens is 393 g/mol. The van der Waals surface area contributed by atoms with Crippen LogP contribution in [0.25, 0.3) is 11.4 Å². The molecule has 0 aliphatic carbocycles. The largest absolute Gasteiger partial charge is 0.347 e. The van der Waals surface area contributed by atoms with E-state index in [9.17, 15) is 4.39 Å². The summed E-state index contributed by atoms with van der Waals surface area (Å²) in [7, 11) is 0. The molecule has 2 aromatic heterocycles. The summed E-state index contributed by atoms with van der Waals surface area (Å²) >= 11 is 5.96. The number of aromatic nitrogens is 4. The second kappa shape index (κ2) is 7.42. The van der Waals surface area contributed by atoms with Crippen LogP contribution in [-0.4, -0.2) is 25.0 Å². The van der Waals surface area contributed by atoms with Gasteiger partial charge in [0.15, 0.2) is 0 Å². The van der Waals surface area contributed by atoms with Crippen LogP contribution in [0, 0.1) is 5.82 Å². The van der Waals surface area contributed by atoms with Gasteiger partial charge in [0.05, 0.1) is 23.8 Å². The van der Waals surface area contributed by atoms with Crippen molar-refractivity contribution in [1.29, 1.82) is 0 Å². The molecule has 29 heavy (non-hydrogen) atoms. The molecule has 0 saturated heterocycles. The highest BCUT2D eigenvalue weighted by molar-refractivity contribution is 6.30. The van der Waals surface area contributed by atoms with E-state index in [1.165, 1.54) is 12.1 Å². The van der Waals surface area contributed by atoms with Crippen LogP contribution in [-0.2, 0) is 19.5 Å². The Kier molecular flexibility index (Phi) is 4.61. The van der Waals surface area contributed by atoms with E-state index in [1.807, 2.05) is 12.1 Å². The molecule has 0 spiro atoms.